The molecule has 0 aliphatic rings. The summed E-state index contributed by atoms with van der Waals surface area (Å²) in [6.45, 7) is 3.39. The van der Waals surface area contributed by atoms with Crippen LogP contribution in [0.1, 0.15) is 5.56 Å². The lowest BCUT2D eigenvalue weighted by Gasteiger charge is -1.99. The van der Waals surface area contributed by atoms with E-state index in [0.717, 1.165) is 21.9 Å². The second kappa shape index (κ2) is 6.28. The molecule has 17 heavy (non-hydrogen) atoms. The molecule has 0 unspecified atom stereocenters. The molecule has 0 fully saturated rings. The predicted molar refractivity (Wildman–Crippen MR) is 73.1 cm³/mol. The van der Waals surface area contributed by atoms with Gasteiger partial charge in [-0.3, -0.25) is 0 Å². The molecule has 1 aromatic carbocycles. The van der Waals surface area contributed by atoms with Gasteiger partial charge in [0.2, 0.25) is 0 Å². The van der Waals surface area contributed by atoms with Gasteiger partial charge in [0, 0.05) is 11.6 Å². The Morgan fingerprint density at radius 2 is 2.29 bits per heavy atom. The third-order valence-electron chi connectivity index (χ3n) is 2.30. The van der Waals surface area contributed by atoms with Gasteiger partial charge in [-0.05, 0) is 24.6 Å². The lowest BCUT2D eigenvalue weighted by molar-refractivity contribution is 0.166. The zero-order chi connectivity index (χ0) is 12.1. The maximum absolute atomic E-state index is 5.52. The van der Waals surface area contributed by atoms with Gasteiger partial charge < -0.3 is 9.72 Å². The fourth-order valence-corrected chi connectivity index (χ4v) is 2.37. The molecule has 1 N–H and O–H groups in total. The van der Waals surface area contributed by atoms with Gasteiger partial charge in [0.1, 0.15) is 0 Å². The van der Waals surface area contributed by atoms with Crippen LogP contribution in [0.4, 0.5) is 0 Å². The van der Waals surface area contributed by atoms with Crippen molar-refractivity contribution >= 4 is 34.4 Å². The standard InChI is InChI=1S/C12H15ClN2OS/c1-9-2-3-10-11(8-9)15-12(14-10)17-7-6-16-5-4-13/h2-3,8H,4-7H2,1H3,(H,14,15). The van der Waals surface area contributed by atoms with E-state index in [1.807, 2.05) is 6.07 Å². The van der Waals surface area contributed by atoms with Crippen LogP contribution in [0.2, 0.25) is 0 Å². The Labute approximate surface area is 110 Å². The fourth-order valence-electron chi connectivity index (χ4n) is 1.52. The highest BCUT2D eigenvalue weighted by Crippen LogP contribution is 2.19. The molecule has 2 rings (SSSR count). The SMILES string of the molecule is Cc1ccc2nc(SCCOCCCl)[nH]c2c1. The van der Waals surface area contributed by atoms with Crippen molar-refractivity contribution in [2.45, 2.75) is 12.1 Å². The van der Waals surface area contributed by atoms with E-state index < -0.39 is 0 Å². The van der Waals surface area contributed by atoms with E-state index in [4.69, 9.17) is 16.3 Å². The molecule has 0 saturated carbocycles. The van der Waals surface area contributed by atoms with Crippen LogP contribution in [-0.4, -0.2) is 34.8 Å². The number of halogens is 1. The number of rotatable bonds is 6. The van der Waals surface area contributed by atoms with Crippen LogP contribution >= 0.6 is 23.4 Å². The molecule has 3 nitrogen and oxygen atoms in total. The van der Waals surface area contributed by atoms with Crippen LogP contribution in [0.25, 0.3) is 11.0 Å². The van der Waals surface area contributed by atoms with Gasteiger partial charge >= 0.3 is 0 Å². The van der Waals surface area contributed by atoms with Crippen molar-refractivity contribution < 1.29 is 4.74 Å². The lowest BCUT2D eigenvalue weighted by Crippen LogP contribution is -1.99. The summed E-state index contributed by atoms with van der Waals surface area (Å²) in [6, 6.07) is 6.22. The summed E-state index contributed by atoms with van der Waals surface area (Å²) in [6.07, 6.45) is 0. The Balaban J connectivity index is 1.91. The molecule has 0 radical (unpaired) electrons. The first-order valence-corrected chi connectivity index (χ1v) is 7.04. The molecule has 0 saturated heterocycles. The molecule has 0 aliphatic carbocycles. The van der Waals surface area contributed by atoms with E-state index in [-0.39, 0.29) is 0 Å². The molecule has 1 heterocycles. The largest absolute Gasteiger partial charge is 0.379 e. The first kappa shape index (κ1) is 12.7. The number of aromatic nitrogens is 2. The van der Waals surface area contributed by atoms with Crippen molar-refractivity contribution in [1.82, 2.24) is 9.97 Å². The first-order chi connectivity index (χ1) is 8.29. The Hall–Kier alpha value is -0.710. The smallest absolute Gasteiger partial charge is 0.166 e. The summed E-state index contributed by atoms with van der Waals surface area (Å²) < 4.78 is 5.30. The average Bonchev–Trinajstić information content (AvgIpc) is 2.70. The van der Waals surface area contributed by atoms with Gasteiger partial charge in [-0.2, -0.15) is 0 Å². The minimum Gasteiger partial charge on any atom is -0.379 e. The number of hydrogen-bond acceptors (Lipinski definition) is 3. The topological polar surface area (TPSA) is 37.9 Å². The number of aromatic amines is 1. The van der Waals surface area contributed by atoms with Crippen LogP contribution in [0.3, 0.4) is 0 Å². The Morgan fingerprint density at radius 1 is 1.41 bits per heavy atom. The van der Waals surface area contributed by atoms with Gasteiger partial charge in [-0.25, -0.2) is 4.98 Å². The minimum atomic E-state index is 0.550. The van der Waals surface area contributed by atoms with Crippen molar-refractivity contribution in [2.24, 2.45) is 0 Å². The molecular weight excluding hydrogens is 256 g/mol. The van der Waals surface area contributed by atoms with Crippen molar-refractivity contribution in [3.63, 3.8) is 0 Å². The van der Waals surface area contributed by atoms with E-state index in [2.05, 4.69) is 29.0 Å². The minimum absolute atomic E-state index is 0.550. The van der Waals surface area contributed by atoms with Crippen molar-refractivity contribution in [2.75, 3.05) is 24.8 Å². The number of nitrogens with one attached hydrogen (secondary N) is 1. The van der Waals surface area contributed by atoms with Gasteiger partial charge in [-0.1, -0.05) is 17.8 Å². The number of thioether (sulfide) groups is 1. The Kier molecular flexibility index (Phi) is 4.71. The second-order valence-electron chi connectivity index (χ2n) is 3.71. The monoisotopic (exact) mass is 270 g/mol. The Bertz CT molecular complexity index is 486. The number of fused-ring (bicyclic) bond motifs is 1. The van der Waals surface area contributed by atoms with Gasteiger partial charge in [0.05, 0.1) is 24.2 Å². The number of nitrogens with zero attached hydrogens (tertiary/aromatic N) is 1. The summed E-state index contributed by atoms with van der Waals surface area (Å²) in [4.78, 5) is 7.79. The zero-order valence-electron chi connectivity index (χ0n) is 9.70. The van der Waals surface area contributed by atoms with Crippen molar-refractivity contribution in [1.29, 1.82) is 0 Å². The molecule has 1 aromatic heterocycles. The maximum atomic E-state index is 5.52. The highest BCUT2D eigenvalue weighted by Gasteiger charge is 2.02. The fraction of sp³-hybridized carbons (Fsp3) is 0.417. The summed E-state index contributed by atoms with van der Waals surface area (Å²) >= 11 is 7.18. The van der Waals surface area contributed by atoms with Gasteiger partial charge in [0.25, 0.3) is 0 Å². The molecule has 0 amide bonds. The Morgan fingerprint density at radius 3 is 3.12 bits per heavy atom. The van der Waals surface area contributed by atoms with Crippen LogP contribution in [-0.2, 0) is 4.74 Å². The molecule has 0 spiro atoms. The third-order valence-corrected chi connectivity index (χ3v) is 3.30. The van der Waals surface area contributed by atoms with E-state index in [1.165, 1.54) is 5.56 Å². The zero-order valence-corrected chi connectivity index (χ0v) is 11.3. The van der Waals surface area contributed by atoms with E-state index in [9.17, 15) is 0 Å². The molecule has 5 heteroatoms. The van der Waals surface area contributed by atoms with Crippen LogP contribution in [0.15, 0.2) is 23.4 Å². The molecule has 2 aromatic rings. The molecule has 92 valence electrons. The quantitative estimate of drug-likeness (QED) is 0.498. The molecular formula is C12H15ClN2OS. The second-order valence-corrected chi connectivity index (χ2v) is 5.17. The first-order valence-electron chi connectivity index (χ1n) is 5.52. The van der Waals surface area contributed by atoms with Crippen LogP contribution in [0.5, 0.6) is 0 Å². The number of H-pyrrole nitrogens is 1. The lowest BCUT2D eigenvalue weighted by atomic mass is 10.2. The number of hydrogen-bond donors (Lipinski definition) is 1. The number of ether oxygens (including phenoxy) is 1. The van der Waals surface area contributed by atoms with E-state index in [0.29, 0.717) is 19.1 Å². The van der Waals surface area contributed by atoms with E-state index in [1.54, 1.807) is 11.8 Å². The highest BCUT2D eigenvalue weighted by atomic mass is 35.5. The third kappa shape index (κ3) is 3.63. The number of alkyl halides is 1. The molecule has 0 aliphatic heterocycles. The molecule has 0 atom stereocenters. The predicted octanol–water partition coefficient (Wildman–Crippen LogP) is 3.22. The number of imidazole rings is 1. The summed E-state index contributed by atoms with van der Waals surface area (Å²) in [5.74, 6) is 1.43. The van der Waals surface area contributed by atoms with Gasteiger partial charge in [-0.15, -0.1) is 11.6 Å². The molecule has 0 bridgehead atoms. The van der Waals surface area contributed by atoms with Gasteiger partial charge in [0.15, 0.2) is 5.16 Å². The highest BCUT2D eigenvalue weighted by molar-refractivity contribution is 7.99. The van der Waals surface area contributed by atoms with Crippen molar-refractivity contribution in [3.8, 4) is 0 Å². The van der Waals surface area contributed by atoms with Crippen LogP contribution < -0.4 is 0 Å². The summed E-state index contributed by atoms with van der Waals surface area (Å²) in [5, 5.41) is 0.945. The van der Waals surface area contributed by atoms with Crippen LogP contribution in [0, 0.1) is 6.92 Å². The summed E-state index contributed by atoms with van der Waals surface area (Å²) in [7, 11) is 0. The maximum Gasteiger partial charge on any atom is 0.166 e. The normalized spacial score (nSPS) is 11.2. The summed E-state index contributed by atoms with van der Waals surface area (Å²) in [5.41, 5.74) is 3.34. The number of benzene rings is 1. The van der Waals surface area contributed by atoms with Crippen molar-refractivity contribution in [3.05, 3.63) is 23.8 Å². The average molecular weight is 271 g/mol. The van der Waals surface area contributed by atoms with E-state index >= 15 is 0 Å². The number of aryl methyl sites for hydroxylation is 1.